The Morgan fingerprint density at radius 2 is 2.17 bits per heavy atom. The molecule has 3 aliphatic carbocycles. The van der Waals surface area contributed by atoms with Gasteiger partial charge in [0.15, 0.2) is 6.61 Å². The first kappa shape index (κ1) is 14.9. The first-order valence-corrected chi connectivity index (χ1v) is 7.76. The van der Waals surface area contributed by atoms with Crippen molar-refractivity contribution in [2.24, 2.45) is 0 Å². The topological polar surface area (TPSA) is 99.4 Å². The van der Waals surface area contributed by atoms with Crippen LogP contribution in [0, 0.1) is 6.92 Å². The van der Waals surface area contributed by atoms with Crippen molar-refractivity contribution in [2.45, 2.75) is 43.7 Å². The molecular weight excluding hydrogens is 312 g/mol. The van der Waals surface area contributed by atoms with Gasteiger partial charge in [0.2, 0.25) is 18.2 Å². The summed E-state index contributed by atoms with van der Waals surface area (Å²) in [5.74, 6) is 2.26. The first-order valence-electron chi connectivity index (χ1n) is 7.76. The van der Waals surface area contributed by atoms with E-state index in [1.807, 2.05) is 13.0 Å². The fourth-order valence-corrected chi connectivity index (χ4v) is 3.79. The number of nitrogens with zero attached hydrogens (tertiary/aromatic N) is 3. The summed E-state index contributed by atoms with van der Waals surface area (Å²) in [6, 6.07) is 1.85. The minimum atomic E-state index is -0.0560. The van der Waals surface area contributed by atoms with Gasteiger partial charge in [-0.3, -0.25) is 4.79 Å². The standard InChI is InChI=1S/C16H18N4O4/c1-10-3-11(4-17-13(10)22-2)23-5-12-19-20-14(24-12)15-6-16(7-15,8-15)18-9-21/h3-4,9H,5-8H2,1-2H3,(H,18,21). The Labute approximate surface area is 138 Å². The van der Waals surface area contributed by atoms with Crippen LogP contribution in [0.15, 0.2) is 16.7 Å². The molecule has 1 N–H and O–H groups in total. The van der Waals surface area contributed by atoms with E-state index >= 15 is 0 Å². The highest BCUT2D eigenvalue weighted by Crippen LogP contribution is 2.67. The molecule has 0 spiro atoms. The summed E-state index contributed by atoms with van der Waals surface area (Å²) in [7, 11) is 1.58. The highest BCUT2D eigenvalue weighted by atomic mass is 16.5. The van der Waals surface area contributed by atoms with Gasteiger partial charge < -0.3 is 19.2 Å². The number of rotatable bonds is 7. The van der Waals surface area contributed by atoms with Crippen LogP contribution in [-0.2, 0) is 16.8 Å². The molecule has 0 atom stereocenters. The number of aryl methyl sites for hydroxylation is 1. The molecule has 0 aliphatic heterocycles. The van der Waals surface area contributed by atoms with Gasteiger partial charge in [0.05, 0.1) is 18.7 Å². The van der Waals surface area contributed by atoms with Crippen molar-refractivity contribution in [1.82, 2.24) is 20.5 Å². The summed E-state index contributed by atoms with van der Waals surface area (Å²) in [5.41, 5.74) is 0.793. The predicted octanol–water partition coefficient (Wildman–Crippen LogP) is 1.28. The lowest BCUT2D eigenvalue weighted by molar-refractivity contribution is -0.131. The van der Waals surface area contributed by atoms with Crippen molar-refractivity contribution in [2.75, 3.05) is 7.11 Å². The molecule has 2 aromatic rings. The van der Waals surface area contributed by atoms with Crippen molar-refractivity contribution >= 4 is 6.41 Å². The van der Waals surface area contributed by atoms with E-state index in [2.05, 4.69) is 20.5 Å². The quantitative estimate of drug-likeness (QED) is 0.763. The number of amides is 1. The van der Waals surface area contributed by atoms with Crippen LogP contribution in [0.3, 0.4) is 0 Å². The molecule has 1 amide bonds. The second-order valence-corrected chi connectivity index (χ2v) is 6.64. The Kier molecular flexibility index (Phi) is 3.22. The Morgan fingerprint density at radius 1 is 1.38 bits per heavy atom. The molecule has 0 saturated heterocycles. The predicted molar refractivity (Wildman–Crippen MR) is 81.6 cm³/mol. The van der Waals surface area contributed by atoms with Gasteiger partial charge in [-0.15, -0.1) is 10.2 Å². The SMILES string of the molecule is COc1ncc(OCc2nnc(C34CC(NC=O)(C3)C4)o2)cc1C. The number of pyridine rings is 1. The largest absolute Gasteiger partial charge is 0.482 e. The zero-order valence-corrected chi connectivity index (χ0v) is 13.5. The van der Waals surface area contributed by atoms with E-state index in [4.69, 9.17) is 13.9 Å². The Hall–Kier alpha value is -2.64. The zero-order valence-electron chi connectivity index (χ0n) is 13.5. The molecule has 0 radical (unpaired) electrons. The lowest BCUT2D eigenvalue weighted by atomic mass is 9.39. The summed E-state index contributed by atoms with van der Waals surface area (Å²) in [6.45, 7) is 2.09. The summed E-state index contributed by atoms with van der Waals surface area (Å²) in [4.78, 5) is 14.7. The molecule has 3 saturated carbocycles. The van der Waals surface area contributed by atoms with E-state index in [1.54, 1.807) is 13.3 Å². The highest BCUT2D eigenvalue weighted by Gasteiger charge is 2.71. The number of ether oxygens (including phenoxy) is 2. The molecule has 8 nitrogen and oxygen atoms in total. The summed E-state index contributed by atoms with van der Waals surface area (Å²) >= 11 is 0. The summed E-state index contributed by atoms with van der Waals surface area (Å²) in [6.07, 6.45) is 4.95. The van der Waals surface area contributed by atoms with Crippen LogP contribution in [0.25, 0.3) is 0 Å². The van der Waals surface area contributed by atoms with Crippen LogP contribution in [-0.4, -0.2) is 34.2 Å². The second-order valence-electron chi connectivity index (χ2n) is 6.64. The smallest absolute Gasteiger partial charge is 0.253 e. The van der Waals surface area contributed by atoms with Crippen molar-refractivity contribution in [3.05, 3.63) is 29.6 Å². The van der Waals surface area contributed by atoms with Crippen LogP contribution in [0.5, 0.6) is 11.6 Å². The van der Waals surface area contributed by atoms with E-state index < -0.39 is 0 Å². The monoisotopic (exact) mass is 330 g/mol. The lowest BCUT2D eigenvalue weighted by Gasteiger charge is -2.68. The number of carbonyl (C=O) groups is 1. The molecular formula is C16H18N4O4. The van der Waals surface area contributed by atoms with Crippen LogP contribution >= 0.6 is 0 Å². The van der Waals surface area contributed by atoms with Crippen molar-refractivity contribution < 1.29 is 18.7 Å². The molecule has 2 heterocycles. The van der Waals surface area contributed by atoms with Crippen LogP contribution in [0.1, 0.15) is 36.6 Å². The number of aromatic nitrogens is 3. The second kappa shape index (κ2) is 5.19. The average molecular weight is 330 g/mol. The summed E-state index contributed by atoms with van der Waals surface area (Å²) < 4.78 is 16.5. The molecule has 3 aliphatic rings. The highest BCUT2D eigenvalue weighted by molar-refractivity contribution is 5.52. The van der Waals surface area contributed by atoms with Gasteiger partial charge in [0.1, 0.15) is 5.75 Å². The lowest BCUT2D eigenvalue weighted by Crippen LogP contribution is -2.75. The van der Waals surface area contributed by atoms with Crippen LogP contribution < -0.4 is 14.8 Å². The minimum Gasteiger partial charge on any atom is -0.482 e. The average Bonchev–Trinajstić information content (AvgIpc) is 2.96. The number of methoxy groups -OCH3 is 1. The maximum Gasteiger partial charge on any atom is 0.253 e. The Bertz CT molecular complexity index is 768. The van der Waals surface area contributed by atoms with Gasteiger partial charge in [-0.25, -0.2) is 4.98 Å². The van der Waals surface area contributed by atoms with Gasteiger partial charge in [-0.05, 0) is 32.3 Å². The normalized spacial score (nSPS) is 26.9. The maximum atomic E-state index is 10.6. The molecule has 2 aromatic heterocycles. The molecule has 0 aromatic carbocycles. The molecule has 8 heteroatoms. The van der Waals surface area contributed by atoms with Gasteiger partial charge in [-0.2, -0.15) is 0 Å². The van der Waals surface area contributed by atoms with Gasteiger partial charge in [0, 0.05) is 11.1 Å². The van der Waals surface area contributed by atoms with Crippen molar-refractivity contribution in [3.63, 3.8) is 0 Å². The van der Waals surface area contributed by atoms with Gasteiger partial charge in [-0.1, -0.05) is 0 Å². The molecule has 24 heavy (non-hydrogen) atoms. The van der Waals surface area contributed by atoms with Gasteiger partial charge >= 0.3 is 0 Å². The Balaban J connectivity index is 1.37. The minimum absolute atomic E-state index is 0.0425. The number of nitrogens with one attached hydrogen (secondary N) is 1. The molecule has 0 unspecified atom stereocenters. The fraction of sp³-hybridized carbons (Fsp3) is 0.500. The maximum absolute atomic E-state index is 10.6. The zero-order chi connectivity index (χ0) is 16.8. The molecule has 5 rings (SSSR count). The fourth-order valence-electron chi connectivity index (χ4n) is 3.79. The number of hydrogen-bond donors (Lipinski definition) is 1. The molecule has 2 bridgehead atoms. The van der Waals surface area contributed by atoms with E-state index in [-0.39, 0.29) is 17.6 Å². The van der Waals surface area contributed by atoms with E-state index in [0.717, 1.165) is 31.2 Å². The molecule has 3 fully saturated rings. The van der Waals surface area contributed by atoms with E-state index in [1.165, 1.54) is 0 Å². The first-order chi connectivity index (χ1) is 11.6. The third-order valence-corrected chi connectivity index (χ3v) is 4.88. The number of carbonyl (C=O) groups excluding carboxylic acids is 1. The molecule has 126 valence electrons. The van der Waals surface area contributed by atoms with Crippen LogP contribution in [0.4, 0.5) is 0 Å². The van der Waals surface area contributed by atoms with E-state index in [9.17, 15) is 4.79 Å². The Morgan fingerprint density at radius 3 is 2.83 bits per heavy atom. The van der Waals surface area contributed by atoms with Gasteiger partial charge in [0.25, 0.3) is 5.89 Å². The van der Waals surface area contributed by atoms with E-state index in [0.29, 0.717) is 23.4 Å². The third kappa shape index (κ3) is 2.21. The van der Waals surface area contributed by atoms with Crippen molar-refractivity contribution in [3.8, 4) is 11.6 Å². The number of hydrogen-bond acceptors (Lipinski definition) is 7. The van der Waals surface area contributed by atoms with Crippen LogP contribution in [0.2, 0.25) is 0 Å². The third-order valence-electron chi connectivity index (χ3n) is 4.88. The van der Waals surface area contributed by atoms with Crippen molar-refractivity contribution in [1.29, 1.82) is 0 Å². The summed E-state index contributed by atoms with van der Waals surface area (Å²) in [5, 5.41) is 11.1.